The molecule has 6 heteroatoms. The molecule has 0 aliphatic carbocycles. The fourth-order valence-corrected chi connectivity index (χ4v) is 3.55. The molecule has 2 heterocycles. The summed E-state index contributed by atoms with van der Waals surface area (Å²) in [5.41, 5.74) is 3.02. The minimum Gasteiger partial charge on any atom is -0.497 e. The number of imidazole rings is 1. The van der Waals surface area contributed by atoms with Crippen LogP contribution in [0.15, 0.2) is 73.3 Å². The number of nitrogens with zero attached hydrogens (tertiary/aromatic N) is 4. The van der Waals surface area contributed by atoms with Gasteiger partial charge >= 0.3 is 0 Å². The molecular formula is C24H25FN4O. The average Bonchev–Trinajstić information content (AvgIpc) is 3.28. The van der Waals surface area contributed by atoms with Crippen LogP contribution in [0.5, 0.6) is 5.75 Å². The van der Waals surface area contributed by atoms with E-state index in [-0.39, 0.29) is 5.82 Å². The number of benzene rings is 2. The molecule has 5 nitrogen and oxygen atoms in total. The van der Waals surface area contributed by atoms with Crippen LogP contribution >= 0.6 is 0 Å². The van der Waals surface area contributed by atoms with Gasteiger partial charge in [-0.05, 0) is 48.4 Å². The predicted molar refractivity (Wildman–Crippen MR) is 116 cm³/mol. The van der Waals surface area contributed by atoms with Gasteiger partial charge in [0, 0.05) is 44.0 Å². The summed E-state index contributed by atoms with van der Waals surface area (Å²) in [6.45, 7) is 3.39. The van der Waals surface area contributed by atoms with Crippen LogP contribution in [0, 0.1) is 5.82 Å². The first-order valence-corrected chi connectivity index (χ1v) is 10.1. The highest BCUT2D eigenvalue weighted by atomic mass is 19.1. The van der Waals surface area contributed by atoms with Gasteiger partial charge in [0.1, 0.15) is 11.6 Å². The van der Waals surface area contributed by atoms with Gasteiger partial charge in [0.15, 0.2) is 0 Å². The van der Waals surface area contributed by atoms with E-state index in [0.717, 1.165) is 54.9 Å². The fourth-order valence-electron chi connectivity index (χ4n) is 3.55. The molecule has 0 unspecified atom stereocenters. The third kappa shape index (κ3) is 5.21. The molecule has 0 amide bonds. The van der Waals surface area contributed by atoms with Gasteiger partial charge in [-0.1, -0.05) is 18.2 Å². The van der Waals surface area contributed by atoms with Crippen molar-refractivity contribution in [1.29, 1.82) is 0 Å². The minimum absolute atomic E-state index is 0.238. The van der Waals surface area contributed by atoms with E-state index in [1.54, 1.807) is 19.4 Å². The lowest BCUT2D eigenvalue weighted by molar-refractivity contribution is 0.246. The van der Waals surface area contributed by atoms with Gasteiger partial charge in [-0.3, -0.25) is 9.88 Å². The molecule has 0 saturated heterocycles. The van der Waals surface area contributed by atoms with Crippen molar-refractivity contribution in [2.24, 2.45) is 0 Å². The Kier molecular flexibility index (Phi) is 6.35. The van der Waals surface area contributed by atoms with E-state index in [0.29, 0.717) is 0 Å². The molecular weight excluding hydrogens is 379 g/mol. The van der Waals surface area contributed by atoms with Crippen LogP contribution in [0.25, 0.3) is 10.9 Å². The Morgan fingerprint density at radius 1 is 1.03 bits per heavy atom. The molecule has 0 aliphatic rings. The van der Waals surface area contributed by atoms with E-state index in [9.17, 15) is 4.39 Å². The molecule has 0 atom stereocenters. The van der Waals surface area contributed by atoms with Crippen LogP contribution in [0.1, 0.15) is 17.7 Å². The lowest BCUT2D eigenvalue weighted by Gasteiger charge is -2.22. The van der Waals surface area contributed by atoms with Crippen molar-refractivity contribution < 1.29 is 9.13 Å². The predicted octanol–water partition coefficient (Wildman–Crippen LogP) is 4.67. The SMILES string of the molecule is COc1ccc(CN(CCCn2ccnc2)Cc2ccc3cc(F)ccc3n2)cc1. The zero-order valence-electron chi connectivity index (χ0n) is 17.0. The number of aromatic nitrogens is 3. The van der Waals surface area contributed by atoms with Crippen LogP contribution in [0.3, 0.4) is 0 Å². The summed E-state index contributed by atoms with van der Waals surface area (Å²) in [5.74, 6) is 0.617. The maximum absolute atomic E-state index is 13.4. The van der Waals surface area contributed by atoms with E-state index >= 15 is 0 Å². The number of hydrogen-bond acceptors (Lipinski definition) is 4. The third-order valence-corrected chi connectivity index (χ3v) is 5.11. The number of fused-ring (bicyclic) bond motifs is 1. The zero-order chi connectivity index (χ0) is 20.8. The number of aryl methyl sites for hydroxylation is 1. The lowest BCUT2D eigenvalue weighted by Crippen LogP contribution is -2.25. The smallest absolute Gasteiger partial charge is 0.123 e. The maximum atomic E-state index is 13.4. The average molecular weight is 404 g/mol. The molecule has 30 heavy (non-hydrogen) atoms. The Labute approximate surface area is 175 Å². The van der Waals surface area contributed by atoms with Crippen molar-refractivity contribution in [2.45, 2.75) is 26.1 Å². The second kappa shape index (κ2) is 9.50. The van der Waals surface area contributed by atoms with Crippen molar-refractivity contribution in [1.82, 2.24) is 19.4 Å². The van der Waals surface area contributed by atoms with Crippen molar-refractivity contribution in [3.63, 3.8) is 0 Å². The van der Waals surface area contributed by atoms with Crippen molar-refractivity contribution >= 4 is 10.9 Å². The summed E-state index contributed by atoms with van der Waals surface area (Å²) in [6.07, 6.45) is 6.64. The van der Waals surface area contributed by atoms with E-state index < -0.39 is 0 Å². The van der Waals surface area contributed by atoms with Crippen LogP contribution in [0.4, 0.5) is 4.39 Å². The summed E-state index contributed by atoms with van der Waals surface area (Å²) in [6, 6.07) is 16.8. The van der Waals surface area contributed by atoms with E-state index in [2.05, 4.69) is 26.6 Å². The summed E-state index contributed by atoms with van der Waals surface area (Å²) in [7, 11) is 1.68. The van der Waals surface area contributed by atoms with Gasteiger partial charge in [-0.25, -0.2) is 9.37 Å². The number of halogens is 1. The molecule has 0 fully saturated rings. The second-order valence-electron chi connectivity index (χ2n) is 7.35. The van der Waals surface area contributed by atoms with Crippen molar-refractivity contribution in [3.8, 4) is 5.75 Å². The lowest BCUT2D eigenvalue weighted by atomic mass is 10.1. The van der Waals surface area contributed by atoms with Crippen LogP contribution < -0.4 is 4.74 Å². The molecule has 0 aliphatic heterocycles. The van der Waals surface area contributed by atoms with Gasteiger partial charge in [0.25, 0.3) is 0 Å². The number of pyridine rings is 1. The van der Waals surface area contributed by atoms with Crippen LogP contribution in [-0.4, -0.2) is 33.1 Å². The molecule has 0 N–H and O–H groups in total. The van der Waals surface area contributed by atoms with Crippen molar-refractivity contribution in [3.05, 3.63) is 90.4 Å². The van der Waals surface area contributed by atoms with Gasteiger partial charge in [-0.2, -0.15) is 0 Å². The van der Waals surface area contributed by atoms with Crippen LogP contribution in [0.2, 0.25) is 0 Å². The number of hydrogen-bond donors (Lipinski definition) is 0. The van der Waals surface area contributed by atoms with E-state index in [1.807, 2.05) is 36.8 Å². The largest absolute Gasteiger partial charge is 0.497 e. The fraction of sp³-hybridized carbons (Fsp3) is 0.250. The Hall–Kier alpha value is -3.25. The summed E-state index contributed by atoms with van der Waals surface area (Å²) in [4.78, 5) is 11.2. The Morgan fingerprint density at radius 2 is 1.90 bits per heavy atom. The molecule has 4 aromatic rings. The molecule has 4 rings (SSSR count). The molecule has 2 aromatic heterocycles. The first kappa shape index (κ1) is 20.0. The Morgan fingerprint density at radius 3 is 2.67 bits per heavy atom. The summed E-state index contributed by atoms with van der Waals surface area (Å²) >= 11 is 0. The summed E-state index contributed by atoms with van der Waals surface area (Å²) < 4.78 is 20.8. The van der Waals surface area contributed by atoms with Gasteiger partial charge in [0.2, 0.25) is 0 Å². The van der Waals surface area contributed by atoms with Gasteiger partial charge < -0.3 is 9.30 Å². The Balaban J connectivity index is 1.48. The zero-order valence-corrected chi connectivity index (χ0v) is 17.0. The first-order chi connectivity index (χ1) is 14.7. The number of rotatable bonds is 9. The highest BCUT2D eigenvalue weighted by Gasteiger charge is 2.10. The van der Waals surface area contributed by atoms with Gasteiger partial charge in [-0.15, -0.1) is 0 Å². The minimum atomic E-state index is -0.238. The molecule has 0 spiro atoms. The number of methoxy groups -OCH3 is 1. The third-order valence-electron chi connectivity index (χ3n) is 5.11. The second-order valence-corrected chi connectivity index (χ2v) is 7.35. The monoisotopic (exact) mass is 404 g/mol. The van der Waals surface area contributed by atoms with Crippen LogP contribution in [-0.2, 0) is 19.6 Å². The molecule has 0 bridgehead atoms. The number of ether oxygens (including phenoxy) is 1. The molecule has 0 saturated carbocycles. The molecule has 0 radical (unpaired) electrons. The Bertz CT molecular complexity index is 1080. The summed E-state index contributed by atoms with van der Waals surface area (Å²) in [5, 5.41) is 0.820. The van der Waals surface area contributed by atoms with E-state index in [1.165, 1.54) is 17.7 Å². The topological polar surface area (TPSA) is 43.2 Å². The standard InChI is InChI=1S/C24H25FN4O/c1-30-23-8-3-19(4-9-23)16-29(13-2-12-28-14-11-26-18-28)17-22-7-5-20-15-21(25)6-10-24(20)27-22/h3-11,14-15,18H,2,12-13,16-17H2,1H3. The van der Waals surface area contributed by atoms with E-state index in [4.69, 9.17) is 9.72 Å². The quantitative estimate of drug-likeness (QED) is 0.407. The normalized spacial score (nSPS) is 11.3. The highest BCUT2D eigenvalue weighted by molar-refractivity contribution is 5.78. The molecule has 154 valence electrons. The molecule has 2 aromatic carbocycles. The first-order valence-electron chi connectivity index (χ1n) is 10.1. The van der Waals surface area contributed by atoms with Crippen molar-refractivity contribution in [2.75, 3.05) is 13.7 Å². The highest BCUT2D eigenvalue weighted by Crippen LogP contribution is 2.18. The maximum Gasteiger partial charge on any atom is 0.123 e. The van der Waals surface area contributed by atoms with Gasteiger partial charge in [0.05, 0.1) is 24.6 Å².